The second-order valence-electron chi connectivity index (χ2n) is 5.46. The molecule has 0 atom stereocenters. The highest BCUT2D eigenvalue weighted by molar-refractivity contribution is 8.04. The molecule has 24 heavy (non-hydrogen) atoms. The van der Waals surface area contributed by atoms with Crippen LogP contribution >= 0.6 is 11.8 Å². The quantitative estimate of drug-likeness (QED) is 0.845. The van der Waals surface area contributed by atoms with Gasteiger partial charge in [0, 0.05) is 11.4 Å². The summed E-state index contributed by atoms with van der Waals surface area (Å²) < 4.78 is 0. The number of carboxylic acids is 1. The average Bonchev–Trinajstić information content (AvgIpc) is 2.59. The minimum Gasteiger partial charge on any atom is -0.478 e. The van der Waals surface area contributed by atoms with Crippen LogP contribution < -0.4 is 4.90 Å². The Morgan fingerprint density at radius 1 is 1.17 bits per heavy atom. The molecule has 0 saturated heterocycles. The Morgan fingerprint density at radius 2 is 1.88 bits per heavy atom. The van der Waals surface area contributed by atoms with E-state index in [1.54, 1.807) is 24.3 Å². The predicted molar refractivity (Wildman–Crippen MR) is 96.3 cm³/mol. The van der Waals surface area contributed by atoms with Gasteiger partial charge in [-0.2, -0.15) is 0 Å². The number of nitrogens with zero attached hydrogens (tertiary/aromatic N) is 1. The van der Waals surface area contributed by atoms with Crippen LogP contribution in [-0.4, -0.2) is 23.5 Å². The number of hydrogen-bond acceptors (Lipinski definition) is 3. The van der Waals surface area contributed by atoms with E-state index in [1.165, 1.54) is 11.8 Å². The summed E-state index contributed by atoms with van der Waals surface area (Å²) in [5.74, 6) is -0.969. The molecule has 0 bridgehead atoms. The summed E-state index contributed by atoms with van der Waals surface area (Å²) in [5, 5.41) is 8.96. The molecule has 2 aromatic carbocycles. The molecule has 1 heterocycles. The monoisotopic (exact) mass is 339 g/mol. The van der Waals surface area contributed by atoms with Crippen molar-refractivity contribution in [3.8, 4) is 0 Å². The number of carbonyl (C=O) groups is 2. The van der Waals surface area contributed by atoms with Crippen molar-refractivity contribution in [3.63, 3.8) is 0 Å². The molecule has 1 N–H and O–H groups in total. The molecule has 0 unspecified atom stereocenters. The Bertz CT molecular complexity index is 812. The van der Waals surface area contributed by atoms with E-state index in [2.05, 4.69) is 0 Å². The number of amides is 1. The van der Waals surface area contributed by atoms with Gasteiger partial charge in [-0.25, -0.2) is 4.79 Å². The average molecular weight is 339 g/mol. The molecule has 1 amide bonds. The van der Waals surface area contributed by atoms with Crippen LogP contribution in [0, 0.1) is 0 Å². The zero-order valence-electron chi connectivity index (χ0n) is 13.2. The molecular weight excluding hydrogens is 322 g/mol. The third-order valence-electron chi connectivity index (χ3n) is 3.73. The number of carboxylic acid groups (broad SMARTS) is 1. The van der Waals surface area contributed by atoms with Gasteiger partial charge in [-0.05, 0) is 42.3 Å². The van der Waals surface area contributed by atoms with Gasteiger partial charge in [-0.1, -0.05) is 43.0 Å². The van der Waals surface area contributed by atoms with E-state index in [4.69, 9.17) is 5.11 Å². The molecule has 0 aliphatic carbocycles. The second-order valence-corrected chi connectivity index (χ2v) is 6.55. The second kappa shape index (κ2) is 6.93. The summed E-state index contributed by atoms with van der Waals surface area (Å²) >= 11 is 1.45. The third kappa shape index (κ3) is 3.21. The Labute approximate surface area is 144 Å². The van der Waals surface area contributed by atoms with Crippen LogP contribution in [0.3, 0.4) is 0 Å². The summed E-state index contributed by atoms with van der Waals surface area (Å²) in [4.78, 5) is 27.2. The molecule has 4 nitrogen and oxygen atoms in total. The first-order valence-corrected chi connectivity index (χ1v) is 8.55. The van der Waals surface area contributed by atoms with Crippen molar-refractivity contribution >= 4 is 35.4 Å². The molecule has 5 heteroatoms. The maximum atomic E-state index is 12.8. The number of hydrogen-bond donors (Lipinski definition) is 1. The van der Waals surface area contributed by atoms with Crippen LogP contribution in [0.25, 0.3) is 6.08 Å². The van der Waals surface area contributed by atoms with Crippen LogP contribution in [0.2, 0.25) is 0 Å². The van der Waals surface area contributed by atoms with Crippen molar-refractivity contribution in [2.24, 2.45) is 0 Å². The van der Waals surface area contributed by atoms with E-state index in [0.29, 0.717) is 11.4 Å². The van der Waals surface area contributed by atoms with Crippen molar-refractivity contribution in [1.29, 1.82) is 0 Å². The largest absolute Gasteiger partial charge is 0.478 e. The van der Waals surface area contributed by atoms with Gasteiger partial charge in [0.15, 0.2) is 0 Å². The van der Waals surface area contributed by atoms with Crippen molar-refractivity contribution in [2.75, 3.05) is 11.4 Å². The number of benzene rings is 2. The highest BCUT2D eigenvalue weighted by Gasteiger charge is 2.28. The van der Waals surface area contributed by atoms with Crippen molar-refractivity contribution in [3.05, 3.63) is 64.6 Å². The molecular formula is C19H17NO3S. The summed E-state index contributed by atoms with van der Waals surface area (Å²) in [6, 6.07) is 14.4. The molecule has 1 aliphatic rings. The van der Waals surface area contributed by atoms with Crippen molar-refractivity contribution in [1.82, 2.24) is 0 Å². The standard InChI is InChI=1S/C19H17NO3S/c1-2-11-20-15-5-3-4-6-16(15)24-17(18(20)21)12-13-7-9-14(10-8-13)19(22)23/h3-10,12H,2,11H2,1H3,(H,22,23)/b17-12+. The smallest absolute Gasteiger partial charge is 0.335 e. The molecule has 0 radical (unpaired) electrons. The van der Waals surface area contributed by atoms with E-state index < -0.39 is 5.97 Å². The molecule has 1 aliphatic heterocycles. The number of aromatic carboxylic acids is 1. The number of carbonyl (C=O) groups excluding carboxylic acids is 1. The fourth-order valence-corrected chi connectivity index (χ4v) is 3.64. The summed E-state index contributed by atoms with van der Waals surface area (Å²) in [6.07, 6.45) is 2.70. The Kier molecular flexibility index (Phi) is 4.71. The van der Waals surface area contributed by atoms with Gasteiger partial charge in [0.2, 0.25) is 0 Å². The zero-order chi connectivity index (χ0) is 17.1. The lowest BCUT2D eigenvalue weighted by atomic mass is 10.1. The minimum absolute atomic E-state index is 0.0112. The lowest BCUT2D eigenvalue weighted by Gasteiger charge is -2.30. The maximum Gasteiger partial charge on any atom is 0.335 e. The molecule has 0 spiro atoms. The molecule has 0 fully saturated rings. The molecule has 2 aromatic rings. The van der Waals surface area contributed by atoms with Crippen LogP contribution in [0.15, 0.2) is 58.3 Å². The highest BCUT2D eigenvalue weighted by atomic mass is 32.2. The first-order valence-electron chi connectivity index (χ1n) is 7.74. The number of rotatable bonds is 4. The van der Waals surface area contributed by atoms with Crippen LogP contribution in [-0.2, 0) is 4.79 Å². The Hall–Kier alpha value is -2.53. The first kappa shape index (κ1) is 16.3. The lowest BCUT2D eigenvalue weighted by Crippen LogP contribution is -2.34. The van der Waals surface area contributed by atoms with Gasteiger partial charge in [-0.15, -0.1) is 0 Å². The first-order chi connectivity index (χ1) is 11.6. The molecule has 3 rings (SSSR count). The van der Waals surface area contributed by atoms with E-state index in [0.717, 1.165) is 22.6 Å². The van der Waals surface area contributed by atoms with Crippen molar-refractivity contribution in [2.45, 2.75) is 18.2 Å². The van der Waals surface area contributed by atoms with E-state index in [-0.39, 0.29) is 11.5 Å². The van der Waals surface area contributed by atoms with Gasteiger partial charge in [-0.3, -0.25) is 4.79 Å². The Morgan fingerprint density at radius 3 is 2.54 bits per heavy atom. The summed E-state index contributed by atoms with van der Waals surface area (Å²) in [7, 11) is 0. The molecule has 0 aromatic heterocycles. The van der Waals surface area contributed by atoms with Gasteiger partial charge in [0.05, 0.1) is 16.2 Å². The van der Waals surface area contributed by atoms with Gasteiger partial charge in [0.1, 0.15) is 0 Å². The predicted octanol–water partition coefficient (Wildman–Crippen LogP) is 4.27. The zero-order valence-corrected chi connectivity index (χ0v) is 14.0. The Balaban J connectivity index is 1.96. The molecule has 122 valence electrons. The number of anilines is 1. The van der Waals surface area contributed by atoms with Gasteiger partial charge < -0.3 is 10.0 Å². The molecule has 0 saturated carbocycles. The third-order valence-corrected chi connectivity index (χ3v) is 4.81. The fourth-order valence-electron chi connectivity index (χ4n) is 2.58. The number of fused-ring (bicyclic) bond motifs is 1. The summed E-state index contributed by atoms with van der Waals surface area (Å²) in [6.45, 7) is 2.72. The lowest BCUT2D eigenvalue weighted by molar-refractivity contribution is -0.114. The van der Waals surface area contributed by atoms with Gasteiger partial charge in [0.25, 0.3) is 5.91 Å². The van der Waals surface area contributed by atoms with Crippen LogP contribution in [0.1, 0.15) is 29.3 Å². The van der Waals surface area contributed by atoms with Crippen LogP contribution in [0.4, 0.5) is 5.69 Å². The van der Waals surface area contributed by atoms with E-state index in [1.807, 2.05) is 42.2 Å². The normalized spacial score (nSPS) is 15.5. The number of thioether (sulfide) groups is 1. The highest BCUT2D eigenvalue weighted by Crippen LogP contribution is 2.41. The van der Waals surface area contributed by atoms with Crippen molar-refractivity contribution < 1.29 is 14.7 Å². The van der Waals surface area contributed by atoms with E-state index >= 15 is 0 Å². The topological polar surface area (TPSA) is 57.6 Å². The maximum absolute atomic E-state index is 12.8. The number of para-hydroxylation sites is 1. The van der Waals surface area contributed by atoms with Gasteiger partial charge >= 0.3 is 5.97 Å². The fraction of sp³-hybridized carbons (Fsp3) is 0.158. The SMILES string of the molecule is CCCN1C(=O)/C(=C\c2ccc(C(=O)O)cc2)Sc2ccccc21. The van der Waals surface area contributed by atoms with Crippen LogP contribution in [0.5, 0.6) is 0 Å². The van der Waals surface area contributed by atoms with E-state index in [9.17, 15) is 9.59 Å². The summed E-state index contributed by atoms with van der Waals surface area (Å²) in [5.41, 5.74) is 2.00. The minimum atomic E-state index is -0.958.